The summed E-state index contributed by atoms with van der Waals surface area (Å²) in [6, 6.07) is 7.91. The minimum Gasteiger partial charge on any atom is -0.444 e. The second-order valence-electron chi connectivity index (χ2n) is 11.9. The molecule has 1 fully saturated rings. The fourth-order valence-electron chi connectivity index (χ4n) is 3.99. The summed E-state index contributed by atoms with van der Waals surface area (Å²) in [6.45, 7) is 15.5. The van der Waals surface area contributed by atoms with E-state index in [4.69, 9.17) is 9.16 Å². The van der Waals surface area contributed by atoms with Crippen LogP contribution in [0.4, 0.5) is 18.0 Å². The summed E-state index contributed by atoms with van der Waals surface area (Å²) in [5.41, 5.74) is 0.0686. The van der Waals surface area contributed by atoms with Gasteiger partial charge < -0.3 is 19.0 Å². The lowest BCUT2D eigenvalue weighted by Crippen LogP contribution is -2.54. The van der Waals surface area contributed by atoms with Gasteiger partial charge in [-0.25, -0.2) is 4.79 Å². The number of piperidine rings is 1. The zero-order chi connectivity index (χ0) is 27.5. The van der Waals surface area contributed by atoms with Gasteiger partial charge in [-0.15, -0.1) is 0 Å². The molecule has 1 aliphatic heterocycles. The van der Waals surface area contributed by atoms with Gasteiger partial charge in [0.25, 0.3) is 0 Å². The van der Waals surface area contributed by atoms with E-state index >= 15 is 0 Å². The van der Waals surface area contributed by atoms with Gasteiger partial charge in [-0.3, -0.25) is 4.79 Å². The van der Waals surface area contributed by atoms with Gasteiger partial charge in [-0.2, -0.15) is 13.2 Å². The topological polar surface area (TPSA) is 59.1 Å². The van der Waals surface area contributed by atoms with Crippen molar-refractivity contribution >= 4 is 20.3 Å². The standard InChI is InChI=1S/C26H41F3N2O4Si/c1-24(2,3)35-23(33)31-15-14-20(18-21(31)19-12-10-9-11-13-19)30(22(32)26(27,28)29)16-17-34-36(7,8)25(4,5)6/h9-13,20-21H,14-18H2,1-8H3/t20-,21-/m0/s1. The Labute approximate surface area is 214 Å². The number of ether oxygens (including phenoxy) is 1. The highest BCUT2D eigenvalue weighted by Gasteiger charge is 2.47. The summed E-state index contributed by atoms with van der Waals surface area (Å²) in [5.74, 6) is -1.87. The van der Waals surface area contributed by atoms with Gasteiger partial charge in [0.2, 0.25) is 0 Å². The molecule has 2 amide bonds. The van der Waals surface area contributed by atoms with Crippen LogP contribution < -0.4 is 0 Å². The van der Waals surface area contributed by atoms with Gasteiger partial charge in [0, 0.05) is 19.1 Å². The van der Waals surface area contributed by atoms with Crippen molar-refractivity contribution in [3.8, 4) is 0 Å². The lowest BCUT2D eigenvalue weighted by atomic mass is 9.91. The summed E-state index contributed by atoms with van der Waals surface area (Å²) in [6.07, 6.45) is -5.14. The lowest BCUT2D eigenvalue weighted by molar-refractivity contribution is -0.189. The molecule has 0 N–H and O–H groups in total. The van der Waals surface area contributed by atoms with Crippen LogP contribution in [0.15, 0.2) is 30.3 Å². The number of hydrogen-bond donors (Lipinski definition) is 0. The van der Waals surface area contributed by atoms with E-state index in [-0.39, 0.29) is 37.6 Å². The molecule has 0 aromatic heterocycles. The van der Waals surface area contributed by atoms with Gasteiger partial charge in [-0.1, -0.05) is 51.1 Å². The lowest BCUT2D eigenvalue weighted by Gasteiger charge is -2.44. The van der Waals surface area contributed by atoms with Gasteiger partial charge in [-0.05, 0) is 57.3 Å². The molecule has 1 heterocycles. The van der Waals surface area contributed by atoms with Crippen molar-refractivity contribution in [3.63, 3.8) is 0 Å². The summed E-state index contributed by atoms with van der Waals surface area (Å²) in [7, 11) is -2.21. The minimum atomic E-state index is -5.00. The molecule has 2 rings (SSSR count). The molecule has 0 aliphatic carbocycles. The molecule has 1 saturated heterocycles. The number of likely N-dealkylation sites (tertiary alicyclic amines) is 1. The maximum absolute atomic E-state index is 13.6. The molecule has 0 spiro atoms. The van der Waals surface area contributed by atoms with E-state index in [0.29, 0.717) is 0 Å². The molecule has 204 valence electrons. The summed E-state index contributed by atoms with van der Waals surface area (Å²) >= 11 is 0. The number of amides is 2. The quantitative estimate of drug-likeness (QED) is 0.392. The van der Waals surface area contributed by atoms with Crippen LogP contribution in [0.5, 0.6) is 0 Å². The van der Waals surface area contributed by atoms with E-state index in [1.807, 2.05) is 43.4 Å². The van der Waals surface area contributed by atoms with Crippen LogP contribution in [-0.2, 0) is 14.0 Å². The van der Waals surface area contributed by atoms with Crippen LogP contribution in [0, 0.1) is 0 Å². The monoisotopic (exact) mass is 530 g/mol. The number of nitrogens with zero attached hydrogens (tertiary/aromatic N) is 2. The smallest absolute Gasteiger partial charge is 0.444 e. The first kappa shape index (κ1) is 30.2. The molecule has 0 bridgehead atoms. The van der Waals surface area contributed by atoms with E-state index in [2.05, 4.69) is 20.8 Å². The van der Waals surface area contributed by atoms with Crippen LogP contribution in [0.25, 0.3) is 0 Å². The van der Waals surface area contributed by atoms with Crippen LogP contribution in [0.1, 0.15) is 66.0 Å². The molecule has 0 radical (unpaired) electrons. The van der Waals surface area contributed by atoms with Crippen LogP contribution in [0.3, 0.4) is 0 Å². The summed E-state index contributed by atoms with van der Waals surface area (Å²) in [4.78, 5) is 27.9. The fourth-order valence-corrected chi connectivity index (χ4v) is 5.02. The normalized spacial score (nSPS) is 19.7. The number of hydrogen-bond acceptors (Lipinski definition) is 4. The molecular weight excluding hydrogens is 489 g/mol. The third-order valence-corrected chi connectivity index (χ3v) is 11.5. The average Bonchev–Trinajstić information content (AvgIpc) is 2.74. The molecule has 0 unspecified atom stereocenters. The molecular formula is C26H41F3N2O4Si. The highest BCUT2D eigenvalue weighted by Crippen LogP contribution is 2.38. The van der Waals surface area contributed by atoms with Crippen molar-refractivity contribution in [3.05, 3.63) is 35.9 Å². The zero-order valence-corrected chi connectivity index (χ0v) is 23.7. The van der Waals surface area contributed by atoms with Crippen LogP contribution in [-0.4, -0.2) is 67.6 Å². The molecule has 1 aromatic rings. The number of alkyl halides is 3. The van der Waals surface area contributed by atoms with Crippen molar-refractivity contribution < 1.29 is 31.9 Å². The van der Waals surface area contributed by atoms with E-state index < -0.39 is 44.2 Å². The Kier molecular flexibility index (Phi) is 9.32. The molecule has 2 atom stereocenters. The molecule has 0 saturated carbocycles. The van der Waals surface area contributed by atoms with Crippen LogP contribution in [0.2, 0.25) is 18.1 Å². The van der Waals surface area contributed by atoms with Crippen LogP contribution >= 0.6 is 0 Å². The van der Waals surface area contributed by atoms with Crippen molar-refractivity contribution in [2.24, 2.45) is 0 Å². The Morgan fingerprint density at radius 2 is 1.64 bits per heavy atom. The molecule has 6 nitrogen and oxygen atoms in total. The first-order valence-corrected chi connectivity index (χ1v) is 15.3. The fraction of sp³-hybridized carbons (Fsp3) is 0.692. The summed E-state index contributed by atoms with van der Waals surface area (Å²) < 4.78 is 52.5. The Bertz CT molecular complexity index is 895. The van der Waals surface area contributed by atoms with Crippen molar-refractivity contribution in [2.75, 3.05) is 19.7 Å². The Morgan fingerprint density at radius 1 is 1.06 bits per heavy atom. The number of halogens is 3. The van der Waals surface area contributed by atoms with E-state index in [1.54, 1.807) is 25.7 Å². The van der Waals surface area contributed by atoms with Gasteiger partial charge in [0.15, 0.2) is 8.32 Å². The molecule has 36 heavy (non-hydrogen) atoms. The largest absolute Gasteiger partial charge is 0.471 e. The highest BCUT2D eigenvalue weighted by atomic mass is 28.4. The summed E-state index contributed by atoms with van der Waals surface area (Å²) in [5, 5.41) is -0.108. The number of benzene rings is 1. The number of rotatable bonds is 6. The van der Waals surface area contributed by atoms with E-state index in [1.165, 1.54) is 0 Å². The van der Waals surface area contributed by atoms with Gasteiger partial charge >= 0.3 is 18.2 Å². The average molecular weight is 531 g/mol. The number of carbonyl (C=O) groups is 2. The zero-order valence-electron chi connectivity index (χ0n) is 22.7. The first-order valence-electron chi connectivity index (χ1n) is 12.4. The van der Waals surface area contributed by atoms with Crippen molar-refractivity contribution in [1.82, 2.24) is 9.80 Å². The minimum absolute atomic E-state index is 0.0284. The Hall–Kier alpha value is -2.07. The Morgan fingerprint density at radius 3 is 2.14 bits per heavy atom. The number of carbonyl (C=O) groups excluding carboxylic acids is 2. The molecule has 1 aromatic carbocycles. The third kappa shape index (κ3) is 7.96. The maximum Gasteiger partial charge on any atom is 0.471 e. The molecule has 1 aliphatic rings. The van der Waals surface area contributed by atoms with E-state index in [0.717, 1.165) is 10.5 Å². The van der Waals surface area contributed by atoms with Gasteiger partial charge in [0.1, 0.15) is 5.60 Å². The van der Waals surface area contributed by atoms with Crippen molar-refractivity contribution in [1.29, 1.82) is 0 Å². The second-order valence-corrected chi connectivity index (χ2v) is 16.7. The SMILES string of the molecule is CC(C)(C)OC(=O)N1CC[C@H](N(CCO[Si](C)(C)C(C)(C)C)C(=O)C(F)(F)F)C[C@H]1c1ccccc1. The van der Waals surface area contributed by atoms with Crippen molar-refractivity contribution in [2.45, 2.75) is 96.4 Å². The predicted octanol–water partition coefficient (Wildman–Crippen LogP) is 6.54. The highest BCUT2D eigenvalue weighted by molar-refractivity contribution is 6.74. The first-order chi connectivity index (χ1) is 16.3. The third-order valence-electron chi connectivity index (χ3n) is 6.93. The second kappa shape index (κ2) is 11.1. The van der Waals surface area contributed by atoms with E-state index in [9.17, 15) is 22.8 Å². The Balaban J connectivity index is 2.31. The van der Waals surface area contributed by atoms with Gasteiger partial charge in [0.05, 0.1) is 12.6 Å². The maximum atomic E-state index is 13.6. The molecule has 10 heteroatoms. The predicted molar refractivity (Wildman–Crippen MR) is 136 cm³/mol.